The summed E-state index contributed by atoms with van der Waals surface area (Å²) in [5.41, 5.74) is 0.459. The molecule has 0 atom stereocenters. The zero-order valence-corrected chi connectivity index (χ0v) is 11.3. The molecule has 1 aromatic carbocycles. The summed E-state index contributed by atoms with van der Waals surface area (Å²) >= 11 is 0. The lowest BCUT2D eigenvalue weighted by Crippen LogP contribution is -2.34. The number of carbonyl (C=O) groups excluding carboxylic acids is 1. The third-order valence-corrected chi connectivity index (χ3v) is 3.83. The Morgan fingerprint density at radius 2 is 1.95 bits per heavy atom. The van der Waals surface area contributed by atoms with Gasteiger partial charge < -0.3 is 15.1 Å². The first kappa shape index (κ1) is 13.9. The molecule has 0 unspecified atom stereocenters. The molecule has 1 aromatic rings. The van der Waals surface area contributed by atoms with Crippen LogP contribution in [-0.4, -0.2) is 40.5 Å². The zero-order valence-electron chi connectivity index (χ0n) is 11.3. The number of phenolic OH excluding ortho intramolecular Hbond substituents is 2. The molecule has 0 bridgehead atoms. The van der Waals surface area contributed by atoms with Crippen LogP contribution in [0.5, 0.6) is 11.5 Å². The van der Waals surface area contributed by atoms with Gasteiger partial charge in [0, 0.05) is 18.5 Å². The Morgan fingerprint density at radius 1 is 1.26 bits per heavy atom. The van der Waals surface area contributed by atoms with Crippen molar-refractivity contribution in [3.63, 3.8) is 0 Å². The summed E-state index contributed by atoms with van der Waals surface area (Å²) in [5, 5.41) is 18.6. The topological polar surface area (TPSA) is 60.8 Å². The van der Waals surface area contributed by atoms with E-state index in [9.17, 15) is 15.0 Å². The molecular formula is C15H21NO3. The minimum absolute atomic E-state index is 0.00826. The molecular weight excluding hydrogens is 242 g/mol. The van der Waals surface area contributed by atoms with Crippen molar-refractivity contribution in [2.75, 3.05) is 19.6 Å². The van der Waals surface area contributed by atoms with Crippen LogP contribution in [0.3, 0.4) is 0 Å². The minimum atomic E-state index is -0.238. The predicted molar refractivity (Wildman–Crippen MR) is 73.6 cm³/mol. The van der Waals surface area contributed by atoms with Gasteiger partial charge >= 0.3 is 0 Å². The van der Waals surface area contributed by atoms with E-state index < -0.39 is 0 Å². The van der Waals surface area contributed by atoms with Crippen molar-refractivity contribution >= 4 is 5.78 Å². The Bertz CT molecular complexity index is 451. The molecule has 2 N–H and O–H groups in total. The van der Waals surface area contributed by atoms with E-state index in [0.717, 1.165) is 25.6 Å². The second-order valence-corrected chi connectivity index (χ2v) is 5.40. The summed E-state index contributed by atoms with van der Waals surface area (Å²) in [4.78, 5) is 14.3. The second-order valence-electron chi connectivity index (χ2n) is 5.40. The quantitative estimate of drug-likeness (QED) is 0.647. The van der Waals surface area contributed by atoms with E-state index in [-0.39, 0.29) is 17.3 Å². The maximum atomic E-state index is 12.0. The van der Waals surface area contributed by atoms with Crippen LogP contribution in [0.4, 0.5) is 0 Å². The van der Waals surface area contributed by atoms with E-state index >= 15 is 0 Å². The van der Waals surface area contributed by atoms with E-state index in [0.29, 0.717) is 12.0 Å². The van der Waals surface area contributed by atoms with Crippen molar-refractivity contribution in [3.8, 4) is 11.5 Å². The molecule has 1 aliphatic heterocycles. The summed E-state index contributed by atoms with van der Waals surface area (Å²) in [6.45, 7) is 5.17. The lowest BCUT2D eigenvalue weighted by molar-refractivity contribution is 0.0952. The maximum absolute atomic E-state index is 12.0. The number of hydrogen-bond donors (Lipinski definition) is 2. The van der Waals surface area contributed by atoms with Gasteiger partial charge in [0.1, 0.15) is 0 Å². The van der Waals surface area contributed by atoms with Crippen LogP contribution in [0, 0.1) is 5.92 Å². The molecule has 104 valence electrons. The molecule has 0 radical (unpaired) electrons. The molecule has 1 saturated heterocycles. The molecule has 4 nitrogen and oxygen atoms in total. The number of benzene rings is 1. The zero-order chi connectivity index (χ0) is 13.8. The van der Waals surface area contributed by atoms with E-state index in [4.69, 9.17) is 0 Å². The van der Waals surface area contributed by atoms with Gasteiger partial charge in [0.15, 0.2) is 17.3 Å². The van der Waals surface area contributed by atoms with Crippen molar-refractivity contribution in [1.82, 2.24) is 4.90 Å². The van der Waals surface area contributed by atoms with Gasteiger partial charge in [-0.2, -0.15) is 0 Å². The summed E-state index contributed by atoms with van der Waals surface area (Å²) < 4.78 is 0. The number of hydrogen-bond acceptors (Lipinski definition) is 4. The highest BCUT2D eigenvalue weighted by molar-refractivity contribution is 5.96. The average Bonchev–Trinajstić information content (AvgIpc) is 2.41. The Kier molecular flexibility index (Phi) is 4.43. The molecule has 1 heterocycles. The molecule has 0 aromatic heterocycles. The fourth-order valence-electron chi connectivity index (χ4n) is 2.39. The SMILES string of the molecule is CC1CCN(CCC(=O)c2ccc(O)c(O)c2)CC1. The van der Waals surface area contributed by atoms with Crippen LogP contribution in [0.15, 0.2) is 18.2 Å². The van der Waals surface area contributed by atoms with Crippen molar-refractivity contribution in [2.24, 2.45) is 5.92 Å². The molecule has 19 heavy (non-hydrogen) atoms. The van der Waals surface area contributed by atoms with Gasteiger partial charge in [-0.05, 0) is 50.0 Å². The number of nitrogens with zero attached hydrogens (tertiary/aromatic N) is 1. The predicted octanol–water partition coefficient (Wildman–Crippen LogP) is 2.40. The maximum Gasteiger partial charge on any atom is 0.164 e. The van der Waals surface area contributed by atoms with Gasteiger partial charge in [0.25, 0.3) is 0 Å². The van der Waals surface area contributed by atoms with Crippen LogP contribution in [0.25, 0.3) is 0 Å². The van der Waals surface area contributed by atoms with Crippen LogP contribution in [0.1, 0.15) is 36.5 Å². The molecule has 2 rings (SSSR count). The first-order valence-corrected chi connectivity index (χ1v) is 6.84. The van der Waals surface area contributed by atoms with Gasteiger partial charge in [-0.25, -0.2) is 0 Å². The smallest absolute Gasteiger partial charge is 0.164 e. The number of Topliss-reactive ketones (excluding diaryl/α,β-unsaturated/α-hetero) is 1. The highest BCUT2D eigenvalue weighted by Crippen LogP contribution is 2.25. The molecule has 0 aliphatic carbocycles. The monoisotopic (exact) mass is 263 g/mol. The molecule has 4 heteroatoms. The largest absolute Gasteiger partial charge is 0.504 e. The van der Waals surface area contributed by atoms with E-state index in [1.807, 2.05) is 0 Å². The minimum Gasteiger partial charge on any atom is -0.504 e. The fraction of sp³-hybridized carbons (Fsp3) is 0.533. The summed E-state index contributed by atoms with van der Waals surface area (Å²) in [6.07, 6.45) is 2.86. The summed E-state index contributed by atoms with van der Waals surface area (Å²) in [7, 11) is 0. The second kappa shape index (κ2) is 6.06. The van der Waals surface area contributed by atoms with E-state index in [2.05, 4.69) is 11.8 Å². The van der Waals surface area contributed by atoms with E-state index in [1.54, 1.807) is 6.07 Å². The van der Waals surface area contributed by atoms with Gasteiger partial charge in [-0.3, -0.25) is 4.79 Å². The van der Waals surface area contributed by atoms with Gasteiger partial charge in [-0.1, -0.05) is 6.92 Å². The van der Waals surface area contributed by atoms with Crippen molar-refractivity contribution < 1.29 is 15.0 Å². The van der Waals surface area contributed by atoms with Gasteiger partial charge in [0.05, 0.1) is 0 Å². The number of carbonyl (C=O) groups is 1. The number of piperidine rings is 1. The van der Waals surface area contributed by atoms with Crippen LogP contribution >= 0.6 is 0 Å². The number of aromatic hydroxyl groups is 2. The molecule has 0 spiro atoms. The normalized spacial score (nSPS) is 17.5. The number of rotatable bonds is 4. The van der Waals surface area contributed by atoms with Crippen molar-refractivity contribution in [1.29, 1.82) is 0 Å². The van der Waals surface area contributed by atoms with E-state index in [1.165, 1.54) is 25.0 Å². The standard InChI is InChI=1S/C15H21NO3/c1-11-4-7-16(8-5-11)9-6-13(17)12-2-3-14(18)15(19)10-12/h2-3,10-11,18-19H,4-9H2,1H3. The third kappa shape index (κ3) is 3.70. The highest BCUT2D eigenvalue weighted by Gasteiger charge is 2.17. The lowest BCUT2D eigenvalue weighted by atomic mass is 9.99. The molecule has 0 saturated carbocycles. The Morgan fingerprint density at radius 3 is 2.58 bits per heavy atom. The number of likely N-dealkylation sites (tertiary alicyclic amines) is 1. The van der Waals surface area contributed by atoms with Crippen LogP contribution < -0.4 is 0 Å². The first-order chi connectivity index (χ1) is 9.06. The van der Waals surface area contributed by atoms with Crippen molar-refractivity contribution in [3.05, 3.63) is 23.8 Å². The number of phenols is 2. The summed E-state index contributed by atoms with van der Waals surface area (Å²) in [5.74, 6) is 0.370. The average molecular weight is 263 g/mol. The van der Waals surface area contributed by atoms with Crippen LogP contribution in [-0.2, 0) is 0 Å². The molecule has 1 aliphatic rings. The Balaban J connectivity index is 1.85. The Labute approximate surface area is 113 Å². The highest BCUT2D eigenvalue weighted by atomic mass is 16.3. The van der Waals surface area contributed by atoms with Crippen LogP contribution in [0.2, 0.25) is 0 Å². The Hall–Kier alpha value is -1.55. The molecule has 1 fully saturated rings. The fourth-order valence-corrected chi connectivity index (χ4v) is 2.39. The van der Waals surface area contributed by atoms with Gasteiger partial charge in [-0.15, -0.1) is 0 Å². The first-order valence-electron chi connectivity index (χ1n) is 6.84. The number of ketones is 1. The van der Waals surface area contributed by atoms with Crippen molar-refractivity contribution in [2.45, 2.75) is 26.2 Å². The lowest BCUT2D eigenvalue weighted by Gasteiger charge is -2.29. The third-order valence-electron chi connectivity index (χ3n) is 3.83. The summed E-state index contributed by atoms with van der Waals surface area (Å²) in [6, 6.07) is 4.23. The molecule has 0 amide bonds. The van der Waals surface area contributed by atoms with Gasteiger partial charge in [0.2, 0.25) is 0 Å².